The van der Waals surface area contributed by atoms with E-state index in [1.165, 1.54) is 0 Å². The van der Waals surface area contributed by atoms with Crippen molar-refractivity contribution >= 4 is 17.5 Å². The minimum absolute atomic E-state index is 0.0431. The van der Waals surface area contributed by atoms with Crippen LogP contribution >= 0.6 is 0 Å². The van der Waals surface area contributed by atoms with Crippen molar-refractivity contribution < 1.29 is 9.59 Å². The molecule has 2 unspecified atom stereocenters. The maximum Gasteiger partial charge on any atom is 0.231 e. The third-order valence-corrected chi connectivity index (χ3v) is 4.40. The molecule has 5 nitrogen and oxygen atoms in total. The predicted molar refractivity (Wildman–Crippen MR) is 80.8 cm³/mol. The summed E-state index contributed by atoms with van der Waals surface area (Å²) in [6.45, 7) is 1.02. The molecule has 0 radical (unpaired) electrons. The molecule has 3 rings (SSSR count). The number of rotatable bonds is 4. The summed E-state index contributed by atoms with van der Waals surface area (Å²) in [7, 11) is 0. The van der Waals surface area contributed by atoms with Gasteiger partial charge >= 0.3 is 0 Å². The van der Waals surface area contributed by atoms with Crippen LogP contribution in [0.1, 0.15) is 24.8 Å². The number of para-hydroxylation sites is 1. The Morgan fingerprint density at radius 3 is 2.90 bits per heavy atom. The van der Waals surface area contributed by atoms with Gasteiger partial charge in [0.05, 0.1) is 6.42 Å². The number of anilines is 1. The van der Waals surface area contributed by atoms with E-state index in [1.54, 1.807) is 4.90 Å². The maximum absolute atomic E-state index is 12.0. The van der Waals surface area contributed by atoms with Crippen molar-refractivity contribution in [1.82, 2.24) is 5.32 Å². The van der Waals surface area contributed by atoms with E-state index in [2.05, 4.69) is 5.32 Å². The van der Waals surface area contributed by atoms with Gasteiger partial charge in [-0.25, -0.2) is 0 Å². The molecular weight excluding hydrogens is 266 g/mol. The van der Waals surface area contributed by atoms with Gasteiger partial charge < -0.3 is 16.0 Å². The van der Waals surface area contributed by atoms with Gasteiger partial charge in [0.2, 0.25) is 11.8 Å². The number of carbonyl (C=O) groups is 2. The number of hydrogen-bond acceptors (Lipinski definition) is 3. The standard InChI is InChI=1S/C16H21N3O2/c17-13-6-5-12(9-13)16(21)18-7-8-19-14-4-2-1-3-11(14)10-15(19)20/h1-4,12-13H,5-10,17H2,(H,18,21). The summed E-state index contributed by atoms with van der Waals surface area (Å²) in [6.07, 6.45) is 3.04. The Hall–Kier alpha value is -1.88. The first-order valence-electron chi connectivity index (χ1n) is 7.56. The minimum Gasteiger partial charge on any atom is -0.354 e. The Morgan fingerprint density at radius 1 is 1.33 bits per heavy atom. The lowest BCUT2D eigenvalue weighted by molar-refractivity contribution is -0.125. The molecule has 112 valence electrons. The molecule has 1 saturated carbocycles. The highest BCUT2D eigenvalue weighted by molar-refractivity contribution is 6.01. The van der Waals surface area contributed by atoms with E-state index >= 15 is 0 Å². The zero-order chi connectivity index (χ0) is 14.8. The Labute approximate surface area is 124 Å². The predicted octanol–water partition coefficient (Wildman–Crippen LogP) is 0.819. The van der Waals surface area contributed by atoms with Gasteiger partial charge in [0.15, 0.2) is 0 Å². The first-order chi connectivity index (χ1) is 10.1. The number of carbonyl (C=O) groups excluding carboxylic acids is 2. The zero-order valence-electron chi connectivity index (χ0n) is 12.0. The second-order valence-electron chi connectivity index (χ2n) is 5.91. The number of benzene rings is 1. The Kier molecular flexibility index (Phi) is 3.92. The van der Waals surface area contributed by atoms with Crippen LogP contribution in [0.3, 0.4) is 0 Å². The van der Waals surface area contributed by atoms with Crippen molar-refractivity contribution in [3.05, 3.63) is 29.8 Å². The molecule has 1 aromatic rings. The number of nitrogens with two attached hydrogens (primary N) is 1. The van der Waals surface area contributed by atoms with Gasteiger partial charge in [-0.1, -0.05) is 18.2 Å². The normalized spacial score (nSPS) is 24.2. The topological polar surface area (TPSA) is 75.4 Å². The molecule has 1 heterocycles. The molecule has 0 aromatic heterocycles. The molecule has 1 aromatic carbocycles. The highest BCUT2D eigenvalue weighted by Crippen LogP contribution is 2.28. The van der Waals surface area contributed by atoms with Gasteiger partial charge in [-0.05, 0) is 30.9 Å². The molecule has 0 spiro atoms. The first kappa shape index (κ1) is 14.1. The van der Waals surface area contributed by atoms with Crippen molar-refractivity contribution in [3.8, 4) is 0 Å². The number of fused-ring (bicyclic) bond motifs is 1. The molecule has 3 N–H and O–H groups in total. The number of nitrogens with zero attached hydrogens (tertiary/aromatic N) is 1. The van der Waals surface area contributed by atoms with Crippen LogP contribution in [0.4, 0.5) is 5.69 Å². The summed E-state index contributed by atoms with van der Waals surface area (Å²) in [4.78, 5) is 25.8. The van der Waals surface area contributed by atoms with Crippen LogP contribution < -0.4 is 16.0 Å². The molecule has 2 amide bonds. The van der Waals surface area contributed by atoms with Crippen LogP contribution in [0.15, 0.2) is 24.3 Å². The smallest absolute Gasteiger partial charge is 0.231 e. The Bertz CT molecular complexity index is 558. The average Bonchev–Trinajstić information content (AvgIpc) is 3.03. The molecule has 0 bridgehead atoms. The van der Waals surface area contributed by atoms with Crippen molar-refractivity contribution in [2.24, 2.45) is 11.7 Å². The Balaban J connectivity index is 1.52. The second kappa shape index (κ2) is 5.85. The van der Waals surface area contributed by atoms with Crippen LogP contribution in [0.25, 0.3) is 0 Å². The monoisotopic (exact) mass is 287 g/mol. The van der Waals surface area contributed by atoms with Crippen molar-refractivity contribution in [3.63, 3.8) is 0 Å². The molecule has 1 fully saturated rings. The minimum atomic E-state index is 0.0431. The third kappa shape index (κ3) is 2.93. The highest BCUT2D eigenvalue weighted by atomic mass is 16.2. The highest BCUT2D eigenvalue weighted by Gasteiger charge is 2.29. The molecule has 1 aliphatic heterocycles. The van der Waals surface area contributed by atoms with Crippen LogP contribution in [0.5, 0.6) is 0 Å². The molecule has 1 aliphatic carbocycles. The molecule has 5 heteroatoms. The summed E-state index contributed by atoms with van der Waals surface area (Å²) in [5.74, 6) is 0.220. The van der Waals surface area contributed by atoms with E-state index in [4.69, 9.17) is 5.73 Å². The molecule has 0 saturated heterocycles. The fourth-order valence-corrected chi connectivity index (χ4v) is 3.25. The van der Waals surface area contributed by atoms with Gasteiger partial charge in [0, 0.05) is 30.7 Å². The second-order valence-corrected chi connectivity index (χ2v) is 5.91. The number of hydrogen-bond donors (Lipinski definition) is 2. The maximum atomic E-state index is 12.0. The lowest BCUT2D eigenvalue weighted by atomic mass is 10.1. The first-order valence-corrected chi connectivity index (χ1v) is 7.56. The molecular formula is C16H21N3O2. The van der Waals surface area contributed by atoms with Gasteiger partial charge in [0.25, 0.3) is 0 Å². The fourth-order valence-electron chi connectivity index (χ4n) is 3.25. The summed E-state index contributed by atoms with van der Waals surface area (Å²) < 4.78 is 0. The van der Waals surface area contributed by atoms with E-state index < -0.39 is 0 Å². The summed E-state index contributed by atoms with van der Waals surface area (Å²) >= 11 is 0. The van der Waals surface area contributed by atoms with Gasteiger partial charge in [-0.2, -0.15) is 0 Å². The summed E-state index contributed by atoms with van der Waals surface area (Å²) in [5.41, 5.74) is 7.87. The summed E-state index contributed by atoms with van der Waals surface area (Å²) in [5, 5.41) is 2.94. The summed E-state index contributed by atoms with van der Waals surface area (Å²) in [6, 6.07) is 7.97. The molecule has 2 atom stereocenters. The number of amides is 2. The van der Waals surface area contributed by atoms with Gasteiger partial charge in [-0.3, -0.25) is 9.59 Å². The van der Waals surface area contributed by atoms with E-state index in [9.17, 15) is 9.59 Å². The van der Waals surface area contributed by atoms with Crippen molar-refractivity contribution in [1.29, 1.82) is 0 Å². The number of nitrogens with one attached hydrogen (secondary N) is 1. The van der Waals surface area contributed by atoms with E-state index in [-0.39, 0.29) is 23.8 Å². The lowest BCUT2D eigenvalue weighted by Gasteiger charge is -2.18. The van der Waals surface area contributed by atoms with E-state index in [1.807, 2.05) is 24.3 Å². The van der Waals surface area contributed by atoms with Crippen molar-refractivity contribution in [2.45, 2.75) is 31.7 Å². The van der Waals surface area contributed by atoms with E-state index in [0.29, 0.717) is 19.5 Å². The van der Waals surface area contributed by atoms with Crippen LogP contribution in [-0.4, -0.2) is 30.9 Å². The van der Waals surface area contributed by atoms with Crippen LogP contribution in [-0.2, 0) is 16.0 Å². The Morgan fingerprint density at radius 2 is 2.14 bits per heavy atom. The molecule has 21 heavy (non-hydrogen) atoms. The fraction of sp³-hybridized carbons (Fsp3) is 0.500. The molecule has 2 aliphatic rings. The van der Waals surface area contributed by atoms with Gasteiger partial charge in [-0.15, -0.1) is 0 Å². The van der Waals surface area contributed by atoms with Crippen LogP contribution in [0.2, 0.25) is 0 Å². The van der Waals surface area contributed by atoms with Gasteiger partial charge in [0.1, 0.15) is 0 Å². The SMILES string of the molecule is NC1CCC(C(=O)NCCN2C(=O)Cc3ccccc32)C1. The quantitative estimate of drug-likeness (QED) is 0.861. The third-order valence-electron chi connectivity index (χ3n) is 4.40. The zero-order valence-corrected chi connectivity index (χ0v) is 12.0. The largest absolute Gasteiger partial charge is 0.354 e. The van der Waals surface area contributed by atoms with E-state index in [0.717, 1.165) is 30.5 Å². The lowest BCUT2D eigenvalue weighted by Crippen LogP contribution is -2.38. The average molecular weight is 287 g/mol. The van der Waals surface area contributed by atoms with Crippen LogP contribution in [0, 0.1) is 5.92 Å². The van der Waals surface area contributed by atoms with Crippen molar-refractivity contribution in [2.75, 3.05) is 18.0 Å².